The van der Waals surface area contributed by atoms with E-state index in [1.807, 2.05) is 48.5 Å². The van der Waals surface area contributed by atoms with Crippen LogP contribution in [0.25, 0.3) is 6.08 Å². The lowest BCUT2D eigenvalue weighted by molar-refractivity contribution is -0.115. The average molecular weight is 591 g/mol. The standard InChI is InChI=1S/C31H25Cl2N3O3S/c1-20(29(37)35-26-18-23(32)17-24(33)19-26)40-27-14-12-25(13-15-27)34-31(39)28(16-21-8-4-2-5-9-21)36-30(38)22-10-6-3-7-11-22/h2-20H,1H3,(H,34,39)(H,35,37)(H,36,38)/b28-16-. The van der Waals surface area contributed by atoms with Crippen LogP contribution in [0.15, 0.2) is 114 Å². The number of halogens is 2. The molecule has 3 amide bonds. The number of amides is 3. The number of carbonyl (C=O) groups is 3. The summed E-state index contributed by atoms with van der Waals surface area (Å²) in [6.45, 7) is 1.79. The molecule has 40 heavy (non-hydrogen) atoms. The lowest BCUT2D eigenvalue weighted by atomic mass is 10.1. The van der Waals surface area contributed by atoms with Crippen molar-refractivity contribution in [2.45, 2.75) is 17.1 Å². The molecule has 1 atom stereocenters. The minimum Gasteiger partial charge on any atom is -0.325 e. The van der Waals surface area contributed by atoms with Gasteiger partial charge in [-0.05, 0) is 73.2 Å². The van der Waals surface area contributed by atoms with Crippen molar-refractivity contribution in [2.24, 2.45) is 0 Å². The third-order valence-corrected chi connectivity index (χ3v) is 7.11. The molecule has 0 aliphatic heterocycles. The fourth-order valence-electron chi connectivity index (χ4n) is 3.60. The number of nitrogens with one attached hydrogen (secondary N) is 3. The molecule has 9 heteroatoms. The van der Waals surface area contributed by atoms with Gasteiger partial charge in [0.2, 0.25) is 5.91 Å². The summed E-state index contributed by atoms with van der Waals surface area (Å²) >= 11 is 13.4. The summed E-state index contributed by atoms with van der Waals surface area (Å²) in [7, 11) is 0. The average Bonchev–Trinajstić information content (AvgIpc) is 2.94. The Hall–Kier alpha value is -4.04. The van der Waals surface area contributed by atoms with E-state index in [0.29, 0.717) is 27.0 Å². The van der Waals surface area contributed by atoms with E-state index >= 15 is 0 Å². The summed E-state index contributed by atoms with van der Waals surface area (Å²) in [5, 5.41) is 8.82. The van der Waals surface area contributed by atoms with Gasteiger partial charge in [-0.1, -0.05) is 71.7 Å². The van der Waals surface area contributed by atoms with Crippen LogP contribution < -0.4 is 16.0 Å². The highest BCUT2D eigenvalue weighted by atomic mass is 35.5. The van der Waals surface area contributed by atoms with E-state index in [0.717, 1.165) is 10.5 Å². The van der Waals surface area contributed by atoms with Crippen LogP contribution in [-0.4, -0.2) is 23.0 Å². The van der Waals surface area contributed by atoms with Gasteiger partial charge < -0.3 is 16.0 Å². The highest BCUT2D eigenvalue weighted by Gasteiger charge is 2.17. The number of anilines is 2. The zero-order valence-corrected chi connectivity index (χ0v) is 23.7. The highest BCUT2D eigenvalue weighted by Crippen LogP contribution is 2.27. The number of carbonyl (C=O) groups excluding carboxylic acids is 3. The van der Waals surface area contributed by atoms with E-state index < -0.39 is 17.1 Å². The normalized spacial score (nSPS) is 11.8. The molecule has 1 unspecified atom stereocenters. The molecular formula is C31H25Cl2N3O3S. The summed E-state index contributed by atoms with van der Waals surface area (Å²) in [6, 6.07) is 29.9. The molecule has 0 aliphatic carbocycles. The van der Waals surface area contributed by atoms with Crippen molar-refractivity contribution in [1.82, 2.24) is 5.32 Å². The molecule has 4 aromatic rings. The second-order valence-electron chi connectivity index (χ2n) is 8.67. The van der Waals surface area contributed by atoms with Crippen LogP contribution in [0.5, 0.6) is 0 Å². The van der Waals surface area contributed by atoms with Crippen LogP contribution in [0.3, 0.4) is 0 Å². The van der Waals surface area contributed by atoms with Gasteiger partial charge in [0.15, 0.2) is 0 Å². The van der Waals surface area contributed by atoms with Crippen molar-refractivity contribution >= 4 is 70.1 Å². The predicted octanol–water partition coefficient (Wildman–Crippen LogP) is 7.52. The molecule has 0 bridgehead atoms. The van der Waals surface area contributed by atoms with E-state index in [2.05, 4.69) is 16.0 Å². The van der Waals surface area contributed by atoms with Gasteiger partial charge in [-0.3, -0.25) is 14.4 Å². The molecule has 6 nitrogen and oxygen atoms in total. The minimum atomic E-state index is -0.471. The number of benzene rings is 4. The Balaban J connectivity index is 1.41. The van der Waals surface area contributed by atoms with E-state index in [-0.39, 0.29) is 11.6 Å². The SMILES string of the molecule is CC(Sc1ccc(NC(=O)/C(=C/c2ccccc2)NC(=O)c2ccccc2)cc1)C(=O)Nc1cc(Cl)cc(Cl)c1. The van der Waals surface area contributed by atoms with Gasteiger partial charge in [0.1, 0.15) is 5.70 Å². The fraction of sp³-hybridized carbons (Fsp3) is 0.0645. The molecule has 0 spiro atoms. The van der Waals surface area contributed by atoms with Gasteiger partial charge in [-0.2, -0.15) is 0 Å². The van der Waals surface area contributed by atoms with E-state index in [1.165, 1.54) is 11.8 Å². The van der Waals surface area contributed by atoms with Gasteiger partial charge >= 0.3 is 0 Å². The topological polar surface area (TPSA) is 87.3 Å². The first-order valence-corrected chi connectivity index (χ1v) is 13.9. The molecule has 0 aliphatic rings. The van der Waals surface area contributed by atoms with Crippen molar-refractivity contribution in [1.29, 1.82) is 0 Å². The van der Waals surface area contributed by atoms with Crippen LogP contribution in [-0.2, 0) is 9.59 Å². The third kappa shape index (κ3) is 8.48. The Bertz CT molecular complexity index is 1510. The quantitative estimate of drug-likeness (QED) is 0.139. The van der Waals surface area contributed by atoms with Crippen molar-refractivity contribution in [2.75, 3.05) is 10.6 Å². The van der Waals surface area contributed by atoms with E-state index in [4.69, 9.17) is 23.2 Å². The first-order chi connectivity index (χ1) is 19.3. The van der Waals surface area contributed by atoms with Gasteiger partial charge in [-0.25, -0.2) is 0 Å². The largest absolute Gasteiger partial charge is 0.325 e. The van der Waals surface area contributed by atoms with Crippen LogP contribution in [0.4, 0.5) is 11.4 Å². The molecule has 0 fully saturated rings. The van der Waals surface area contributed by atoms with Gasteiger partial charge in [0.25, 0.3) is 11.8 Å². The molecule has 0 radical (unpaired) electrons. The second kappa shape index (κ2) is 13.8. The van der Waals surface area contributed by atoms with Crippen LogP contribution in [0, 0.1) is 0 Å². The molecule has 0 saturated heterocycles. The van der Waals surface area contributed by atoms with Gasteiger partial charge in [0, 0.05) is 31.9 Å². The summed E-state index contributed by atoms with van der Waals surface area (Å²) in [6.07, 6.45) is 1.62. The Labute approximate surface area is 246 Å². The zero-order valence-electron chi connectivity index (χ0n) is 21.4. The maximum Gasteiger partial charge on any atom is 0.272 e. The number of hydrogen-bond donors (Lipinski definition) is 3. The lowest BCUT2D eigenvalue weighted by Gasteiger charge is -2.14. The molecular weight excluding hydrogens is 565 g/mol. The Kier molecular flexibility index (Phi) is 10.0. The van der Waals surface area contributed by atoms with Crippen LogP contribution in [0.1, 0.15) is 22.8 Å². The van der Waals surface area contributed by atoms with Crippen molar-refractivity contribution in [3.63, 3.8) is 0 Å². The smallest absolute Gasteiger partial charge is 0.272 e. The Morgan fingerprint density at radius 1 is 0.750 bits per heavy atom. The first-order valence-electron chi connectivity index (χ1n) is 12.2. The summed E-state index contributed by atoms with van der Waals surface area (Å²) in [4.78, 5) is 39.4. The molecule has 4 rings (SSSR count). The van der Waals surface area contributed by atoms with E-state index in [1.54, 1.807) is 67.6 Å². The first kappa shape index (κ1) is 29.0. The minimum absolute atomic E-state index is 0.102. The predicted molar refractivity (Wildman–Crippen MR) is 164 cm³/mol. The summed E-state index contributed by atoms with van der Waals surface area (Å²) in [5.74, 6) is -1.07. The van der Waals surface area contributed by atoms with Gasteiger partial charge in [-0.15, -0.1) is 11.8 Å². The summed E-state index contributed by atoms with van der Waals surface area (Å²) < 4.78 is 0. The summed E-state index contributed by atoms with van der Waals surface area (Å²) in [5.41, 5.74) is 2.36. The van der Waals surface area contributed by atoms with Crippen LogP contribution >= 0.6 is 35.0 Å². The lowest BCUT2D eigenvalue weighted by Crippen LogP contribution is -2.30. The molecule has 3 N–H and O–H groups in total. The zero-order chi connectivity index (χ0) is 28.5. The maximum absolute atomic E-state index is 13.2. The van der Waals surface area contributed by atoms with Gasteiger partial charge in [0.05, 0.1) is 5.25 Å². The third-order valence-electron chi connectivity index (χ3n) is 5.56. The highest BCUT2D eigenvalue weighted by molar-refractivity contribution is 8.00. The van der Waals surface area contributed by atoms with Crippen molar-refractivity contribution < 1.29 is 14.4 Å². The maximum atomic E-state index is 13.2. The molecule has 0 aromatic heterocycles. The fourth-order valence-corrected chi connectivity index (χ4v) is 4.99. The number of rotatable bonds is 9. The molecule has 0 heterocycles. The van der Waals surface area contributed by atoms with Crippen molar-refractivity contribution in [3.8, 4) is 0 Å². The van der Waals surface area contributed by atoms with E-state index in [9.17, 15) is 14.4 Å². The monoisotopic (exact) mass is 589 g/mol. The Morgan fingerprint density at radius 3 is 1.98 bits per heavy atom. The van der Waals surface area contributed by atoms with Crippen LogP contribution in [0.2, 0.25) is 10.0 Å². The van der Waals surface area contributed by atoms with Crippen molar-refractivity contribution in [3.05, 3.63) is 130 Å². The number of hydrogen-bond acceptors (Lipinski definition) is 4. The molecule has 202 valence electrons. The molecule has 4 aromatic carbocycles. The molecule has 0 saturated carbocycles. The number of thioether (sulfide) groups is 1. The Morgan fingerprint density at radius 2 is 1.35 bits per heavy atom. The second-order valence-corrected chi connectivity index (χ2v) is 11.0.